The Bertz CT molecular complexity index is 1210. The number of aryl methyl sites for hydroxylation is 1. The van der Waals surface area contributed by atoms with Gasteiger partial charge in [0.25, 0.3) is 5.56 Å². The standard InChI is InChI=1S/C18H18FN4O6P/c1-10-3-2-4-11-6-26-30(25,29-15(10)11)27-7-12-5-13(19)18(28-12)23-9-22-14-16(23)20-8-21-17(14)24/h2-4,8-9,12-13,18H,5-7H2,1H3,(H,20,21,24)/t12-,13-,18+,30?/m0/s1. The molecule has 0 spiro atoms. The number of imidazole rings is 1. The predicted octanol–water partition coefficient (Wildman–Crippen LogP) is 2.79. The number of benzene rings is 1. The topological polar surface area (TPSA) is 118 Å². The number of H-pyrrole nitrogens is 1. The van der Waals surface area contributed by atoms with Crippen LogP contribution in [-0.2, 0) is 25.0 Å². The Balaban J connectivity index is 1.28. The highest BCUT2D eigenvalue weighted by molar-refractivity contribution is 7.49. The predicted molar refractivity (Wildman–Crippen MR) is 102 cm³/mol. The summed E-state index contributed by atoms with van der Waals surface area (Å²) >= 11 is 0. The van der Waals surface area contributed by atoms with E-state index in [0.29, 0.717) is 5.75 Å². The van der Waals surface area contributed by atoms with Gasteiger partial charge in [0.05, 0.1) is 32.0 Å². The Morgan fingerprint density at radius 1 is 1.40 bits per heavy atom. The molecule has 3 aromatic rings. The largest absolute Gasteiger partial charge is 0.530 e. The molecule has 0 aliphatic carbocycles. The SMILES string of the molecule is Cc1cccc2c1OP(=O)(OC[C@@H]1C[C@H](F)[C@H](n3cnc4c(=O)[nH]cnc43)O1)OC2. The molecular formula is C18H18FN4O6P. The van der Waals surface area contributed by atoms with E-state index in [1.54, 1.807) is 0 Å². The van der Waals surface area contributed by atoms with Crippen molar-refractivity contribution in [1.29, 1.82) is 0 Å². The van der Waals surface area contributed by atoms with E-state index < -0.39 is 31.9 Å². The quantitative estimate of drug-likeness (QED) is 0.621. The molecule has 4 heterocycles. The van der Waals surface area contributed by atoms with Crippen LogP contribution in [0, 0.1) is 6.92 Å². The summed E-state index contributed by atoms with van der Waals surface area (Å²) in [6.07, 6.45) is -0.592. The maximum absolute atomic E-state index is 14.7. The monoisotopic (exact) mass is 436 g/mol. The van der Waals surface area contributed by atoms with Gasteiger partial charge in [0, 0.05) is 12.0 Å². The third-order valence-electron chi connectivity index (χ3n) is 5.06. The number of phosphoric ester groups is 1. The van der Waals surface area contributed by atoms with Crippen molar-refractivity contribution < 1.29 is 27.3 Å². The molecule has 30 heavy (non-hydrogen) atoms. The lowest BCUT2D eigenvalue weighted by Crippen LogP contribution is -2.19. The molecule has 1 fully saturated rings. The molecule has 2 aliphatic heterocycles. The number of nitrogens with one attached hydrogen (secondary N) is 1. The number of nitrogens with zero attached hydrogens (tertiary/aromatic N) is 3. The lowest BCUT2D eigenvalue weighted by Gasteiger charge is -2.26. The van der Waals surface area contributed by atoms with Crippen LogP contribution in [0.15, 0.2) is 35.6 Å². The lowest BCUT2D eigenvalue weighted by molar-refractivity contribution is -0.0362. The van der Waals surface area contributed by atoms with Crippen molar-refractivity contribution in [2.45, 2.75) is 38.5 Å². The summed E-state index contributed by atoms with van der Waals surface area (Å²) < 4.78 is 50.8. The summed E-state index contributed by atoms with van der Waals surface area (Å²) in [6.45, 7) is 1.74. The van der Waals surface area contributed by atoms with E-state index in [0.717, 1.165) is 11.1 Å². The van der Waals surface area contributed by atoms with E-state index >= 15 is 0 Å². The fourth-order valence-corrected chi connectivity index (χ4v) is 4.90. The van der Waals surface area contributed by atoms with Gasteiger partial charge in [-0.3, -0.25) is 18.4 Å². The molecule has 0 bridgehead atoms. The Morgan fingerprint density at radius 3 is 3.13 bits per heavy atom. The second kappa shape index (κ2) is 7.28. The minimum atomic E-state index is -3.85. The highest BCUT2D eigenvalue weighted by Crippen LogP contribution is 2.55. The Labute approximate surface area is 169 Å². The zero-order chi connectivity index (χ0) is 20.9. The second-order valence-corrected chi connectivity index (χ2v) is 8.72. The summed E-state index contributed by atoms with van der Waals surface area (Å²) in [4.78, 5) is 22.2. The van der Waals surface area contributed by atoms with Gasteiger partial charge in [-0.05, 0) is 12.5 Å². The van der Waals surface area contributed by atoms with E-state index in [4.69, 9.17) is 18.3 Å². The molecule has 5 rings (SSSR count). The zero-order valence-corrected chi connectivity index (χ0v) is 16.8. The highest BCUT2D eigenvalue weighted by Gasteiger charge is 2.41. The molecule has 2 aliphatic rings. The number of hydrogen-bond acceptors (Lipinski definition) is 8. The van der Waals surface area contributed by atoms with Gasteiger partial charge < -0.3 is 14.2 Å². The molecule has 10 nitrogen and oxygen atoms in total. The van der Waals surface area contributed by atoms with Crippen molar-refractivity contribution in [3.63, 3.8) is 0 Å². The summed E-state index contributed by atoms with van der Waals surface area (Å²) in [7, 11) is -3.85. The molecule has 1 saturated heterocycles. The van der Waals surface area contributed by atoms with Crippen LogP contribution in [-0.4, -0.2) is 38.4 Å². The number of para-hydroxylation sites is 1. The summed E-state index contributed by atoms with van der Waals surface area (Å²) in [5.74, 6) is 0.474. The number of halogens is 1. The lowest BCUT2D eigenvalue weighted by atomic mass is 10.1. The molecule has 12 heteroatoms. The van der Waals surface area contributed by atoms with Gasteiger partial charge in [-0.2, -0.15) is 0 Å². The van der Waals surface area contributed by atoms with Crippen LogP contribution in [0.25, 0.3) is 11.2 Å². The first-order chi connectivity index (χ1) is 14.4. The van der Waals surface area contributed by atoms with E-state index in [-0.39, 0.29) is 30.8 Å². The first-order valence-corrected chi connectivity index (χ1v) is 10.8. The third kappa shape index (κ3) is 3.33. The fourth-order valence-electron chi connectivity index (χ4n) is 3.58. The Hall–Kier alpha value is -2.59. The minimum Gasteiger partial charge on any atom is -0.403 e. The number of aromatic amines is 1. The third-order valence-corrected chi connectivity index (χ3v) is 6.38. The van der Waals surface area contributed by atoms with Crippen molar-refractivity contribution in [3.8, 4) is 5.75 Å². The van der Waals surface area contributed by atoms with Crippen LogP contribution in [0.3, 0.4) is 0 Å². The molecule has 0 saturated carbocycles. The highest BCUT2D eigenvalue weighted by atomic mass is 31.2. The summed E-state index contributed by atoms with van der Waals surface area (Å²) in [5.41, 5.74) is 1.48. The Morgan fingerprint density at radius 2 is 2.27 bits per heavy atom. The molecule has 2 aromatic heterocycles. The molecule has 1 unspecified atom stereocenters. The molecule has 4 atom stereocenters. The van der Waals surface area contributed by atoms with Crippen molar-refractivity contribution in [2.24, 2.45) is 0 Å². The number of aromatic nitrogens is 4. The number of phosphoric acid groups is 1. The van der Waals surface area contributed by atoms with Crippen molar-refractivity contribution in [3.05, 3.63) is 52.3 Å². The molecular weight excluding hydrogens is 418 g/mol. The summed E-state index contributed by atoms with van der Waals surface area (Å²) in [6, 6.07) is 5.51. The maximum Gasteiger partial charge on any atom is 0.530 e. The first-order valence-electron chi connectivity index (χ1n) is 9.30. The number of rotatable bonds is 4. The molecule has 0 radical (unpaired) electrons. The van der Waals surface area contributed by atoms with E-state index in [1.807, 2.05) is 25.1 Å². The average Bonchev–Trinajstić information content (AvgIpc) is 3.31. The van der Waals surface area contributed by atoms with E-state index in [9.17, 15) is 13.8 Å². The van der Waals surface area contributed by atoms with Crippen LogP contribution in [0.1, 0.15) is 23.8 Å². The maximum atomic E-state index is 14.7. The average molecular weight is 436 g/mol. The van der Waals surface area contributed by atoms with Gasteiger partial charge in [-0.15, -0.1) is 0 Å². The van der Waals surface area contributed by atoms with Crippen LogP contribution in [0.5, 0.6) is 5.75 Å². The number of fused-ring (bicyclic) bond motifs is 2. The van der Waals surface area contributed by atoms with Crippen LogP contribution < -0.4 is 10.1 Å². The van der Waals surface area contributed by atoms with Gasteiger partial charge in [0.15, 0.2) is 17.4 Å². The number of hydrogen-bond donors (Lipinski definition) is 1. The van der Waals surface area contributed by atoms with Gasteiger partial charge >= 0.3 is 7.82 Å². The van der Waals surface area contributed by atoms with Crippen molar-refractivity contribution >= 4 is 19.0 Å². The van der Waals surface area contributed by atoms with Crippen LogP contribution in [0.2, 0.25) is 0 Å². The van der Waals surface area contributed by atoms with Crippen LogP contribution in [0.4, 0.5) is 4.39 Å². The molecule has 1 aromatic carbocycles. The molecule has 158 valence electrons. The molecule has 1 N–H and O–H groups in total. The first kappa shape index (κ1) is 19.4. The van der Waals surface area contributed by atoms with Gasteiger partial charge in [0.2, 0.25) is 0 Å². The van der Waals surface area contributed by atoms with Crippen molar-refractivity contribution in [1.82, 2.24) is 19.5 Å². The zero-order valence-electron chi connectivity index (χ0n) is 15.9. The Kier molecular flexibility index (Phi) is 4.70. The van der Waals surface area contributed by atoms with Gasteiger partial charge in [-0.1, -0.05) is 18.2 Å². The van der Waals surface area contributed by atoms with Gasteiger partial charge in [0.1, 0.15) is 11.9 Å². The minimum absolute atomic E-state index is 0.00312. The fraction of sp³-hybridized carbons (Fsp3) is 0.389. The van der Waals surface area contributed by atoms with Crippen LogP contribution >= 0.6 is 7.82 Å². The number of alkyl halides is 1. The normalized spacial score (nSPS) is 28.4. The molecule has 0 amide bonds. The summed E-state index contributed by atoms with van der Waals surface area (Å²) in [5, 5.41) is 0. The number of ether oxygens (including phenoxy) is 1. The van der Waals surface area contributed by atoms with Gasteiger partial charge in [-0.25, -0.2) is 18.9 Å². The van der Waals surface area contributed by atoms with Crippen molar-refractivity contribution in [2.75, 3.05) is 6.61 Å². The second-order valence-electron chi connectivity index (χ2n) is 7.13. The van der Waals surface area contributed by atoms with E-state index in [1.165, 1.54) is 17.2 Å². The van der Waals surface area contributed by atoms with E-state index in [2.05, 4.69) is 15.0 Å². The smallest absolute Gasteiger partial charge is 0.403 e.